The fourth-order valence-corrected chi connectivity index (χ4v) is 3.29. The van der Waals surface area contributed by atoms with Crippen molar-refractivity contribution in [3.63, 3.8) is 0 Å². The molecule has 0 aliphatic heterocycles. The second kappa shape index (κ2) is 14.2. The summed E-state index contributed by atoms with van der Waals surface area (Å²) in [6.45, 7) is 6.90. The molecular weight excluding hydrogens is 483 g/mol. The molecule has 0 amide bonds. The fourth-order valence-electron chi connectivity index (χ4n) is 2.43. The first-order valence-corrected chi connectivity index (χ1v) is 10.2. The van der Waals surface area contributed by atoms with Crippen molar-refractivity contribution < 1.29 is 4.74 Å². The van der Waals surface area contributed by atoms with E-state index in [-0.39, 0.29) is 24.0 Å². The standard InChI is InChI=1S/C21H28N4OS.HI/c1-4-15-26-18-9-7-17(8-10-18)11-13-23-21(22-6-3)24-14-12-20-25-16-19(5-2)27-20;/h1,7-10,16H,5-6,11-15H2,2-3H3,(H2,22,23,24);1H. The lowest BCUT2D eigenvalue weighted by Crippen LogP contribution is -2.38. The van der Waals surface area contributed by atoms with Gasteiger partial charge in [0.1, 0.15) is 12.4 Å². The molecule has 0 saturated heterocycles. The monoisotopic (exact) mass is 512 g/mol. The van der Waals surface area contributed by atoms with Crippen LogP contribution in [0.1, 0.15) is 29.3 Å². The second-order valence-electron chi connectivity index (χ2n) is 5.90. The van der Waals surface area contributed by atoms with Gasteiger partial charge in [-0.2, -0.15) is 0 Å². The highest BCUT2D eigenvalue weighted by atomic mass is 127. The zero-order valence-corrected chi connectivity index (χ0v) is 19.7. The number of aromatic nitrogens is 1. The highest BCUT2D eigenvalue weighted by Crippen LogP contribution is 2.14. The van der Waals surface area contributed by atoms with Crippen LogP contribution in [0.5, 0.6) is 5.75 Å². The molecule has 2 rings (SSSR count). The molecule has 1 aromatic heterocycles. The third kappa shape index (κ3) is 8.93. The highest BCUT2D eigenvalue weighted by Gasteiger charge is 2.02. The van der Waals surface area contributed by atoms with Gasteiger partial charge in [-0.25, -0.2) is 4.98 Å². The van der Waals surface area contributed by atoms with Gasteiger partial charge in [-0.15, -0.1) is 41.7 Å². The quantitative estimate of drug-likeness (QED) is 0.221. The van der Waals surface area contributed by atoms with Gasteiger partial charge in [0.25, 0.3) is 0 Å². The molecule has 2 N–H and O–H groups in total. The molecule has 0 bridgehead atoms. The highest BCUT2D eigenvalue weighted by molar-refractivity contribution is 14.0. The summed E-state index contributed by atoms with van der Waals surface area (Å²) in [7, 11) is 0. The smallest absolute Gasteiger partial charge is 0.191 e. The molecule has 1 aromatic carbocycles. The van der Waals surface area contributed by atoms with Crippen LogP contribution in [0.4, 0.5) is 0 Å². The van der Waals surface area contributed by atoms with Crippen LogP contribution in [0.25, 0.3) is 0 Å². The Morgan fingerprint density at radius 2 is 2.00 bits per heavy atom. The first-order valence-electron chi connectivity index (χ1n) is 9.36. The molecule has 0 aliphatic rings. The molecule has 1 heterocycles. The largest absolute Gasteiger partial charge is 0.481 e. The zero-order chi connectivity index (χ0) is 19.3. The topological polar surface area (TPSA) is 58.5 Å². The van der Waals surface area contributed by atoms with Gasteiger partial charge in [0.2, 0.25) is 0 Å². The summed E-state index contributed by atoms with van der Waals surface area (Å²) in [4.78, 5) is 10.4. The number of ether oxygens (including phenoxy) is 1. The van der Waals surface area contributed by atoms with E-state index < -0.39 is 0 Å². The zero-order valence-electron chi connectivity index (χ0n) is 16.5. The van der Waals surface area contributed by atoms with E-state index in [1.165, 1.54) is 10.4 Å². The first kappa shape index (κ1) is 24.2. The van der Waals surface area contributed by atoms with Crippen molar-refractivity contribution in [1.29, 1.82) is 0 Å². The molecule has 0 spiro atoms. The summed E-state index contributed by atoms with van der Waals surface area (Å²) in [5, 5.41) is 7.82. The maximum Gasteiger partial charge on any atom is 0.191 e. The number of rotatable bonds is 10. The van der Waals surface area contributed by atoms with Crippen LogP contribution in [-0.2, 0) is 19.3 Å². The summed E-state index contributed by atoms with van der Waals surface area (Å²) in [5.41, 5.74) is 1.24. The predicted octanol–water partition coefficient (Wildman–Crippen LogP) is 3.68. The number of terminal acetylenes is 1. The van der Waals surface area contributed by atoms with Crippen molar-refractivity contribution in [3.8, 4) is 18.1 Å². The summed E-state index contributed by atoms with van der Waals surface area (Å²) in [5.74, 6) is 4.11. The maximum atomic E-state index is 5.39. The number of hydrogen-bond acceptors (Lipinski definition) is 4. The minimum atomic E-state index is 0. The molecule has 0 atom stereocenters. The van der Waals surface area contributed by atoms with E-state index in [0.29, 0.717) is 6.61 Å². The van der Waals surface area contributed by atoms with Crippen molar-refractivity contribution >= 4 is 41.3 Å². The number of nitrogens with one attached hydrogen (secondary N) is 2. The van der Waals surface area contributed by atoms with Gasteiger partial charge in [0.05, 0.1) is 5.01 Å². The lowest BCUT2D eigenvalue weighted by Gasteiger charge is -2.11. The molecule has 28 heavy (non-hydrogen) atoms. The Balaban J connectivity index is 0.00000392. The fraction of sp³-hybridized carbons (Fsp3) is 0.429. The molecule has 0 radical (unpaired) electrons. The number of aliphatic imine (C=N–C) groups is 1. The van der Waals surface area contributed by atoms with Gasteiger partial charge in [0, 0.05) is 37.1 Å². The SMILES string of the molecule is C#CCOc1ccc(CCNC(=NCCc2ncc(CC)s2)NCC)cc1.I. The Morgan fingerprint density at radius 1 is 1.21 bits per heavy atom. The Hall–Kier alpha value is -1.79. The van der Waals surface area contributed by atoms with Crippen LogP contribution in [-0.4, -0.2) is 37.2 Å². The van der Waals surface area contributed by atoms with Crippen LogP contribution in [0.3, 0.4) is 0 Å². The average Bonchev–Trinajstić information content (AvgIpc) is 3.15. The molecule has 0 fully saturated rings. The third-order valence-corrected chi connectivity index (χ3v) is 5.04. The van der Waals surface area contributed by atoms with Crippen LogP contribution in [0.2, 0.25) is 0 Å². The third-order valence-electron chi connectivity index (χ3n) is 3.84. The van der Waals surface area contributed by atoms with E-state index in [1.807, 2.05) is 18.3 Å². The Morgan fingerprint density at radius 3 is 2.64 bits per heavy atom. The molecule has 7 heteroatoms. The number of hydrogen-bond donors (Lipinski definition) is 2. The first-order chi connectivity index (χ1) is 13.2. The van der Waals surface area contributed by atoms with Crippen molar-refractivity contribution in [2.45, 2.75) is 33.1 Å². The maximum absolute atomic E-state index is 5.39. The minimum Gasteiger partial charge on any atom is -0.481 e. The van der Waals surface area contributed by atoms with E-state index in [4.69, 9.17) is 11.2 Å². The van der Waals surface area contributed by atoms with Crippen LogP contribution in [0, 0.1) is 12.3 Å². The molecule has 0 saturated carbocycles. The summed E-state index contributed by atoms with van der Waals surface area (Å²) < 4.78 is 5.39. The summed E-state index contributed by atoms with van der Waals surface area (Å²) in [6, 6.07) is 8.02. The van der Waals surface area contributed by atoms with E-state index >= 15 is 0 Å². The van der Waals surface area contributed by atoms with Gasteiger partial charge in [-0.05, 0) is 37.5 Å². The van der Waals surface area contributed by atoms with Crippen molar-refractivity contribution in [2.24, 2.45) is 4.99 Å². The van der Waals surface area contributed by atoms with Gasteiger partial charge >= 0.3 is 0 Å². The number of aryl methyl sites for hydroxylation is 1. The Bertz CT molecular complexity index is 753. The molecule has 0 unspecified atom stereocenters. The normalized spacial score (nSPS) is 10.7. The predicted molar refractivity (Wildman–Crippen MR) is 129 cm³/mol. The Labute approximate surface area is 189 Å². The molecular formula is C21H29IN4OS. The van der Waals surface area contributed by atoms with E-state index in [9.17, 15) is 0 Å². The van der Waals surface area contributed by atoms with Gasteiger partial charge in [0.15, 0.2) is 5.96 Å². The van der Waals surface area contributed by atoms with E-state index in [1.54, 1.807) is 11.3 Å². The number of halogens is 1. The van der Waals surface area contributed by atoms with Crippen LogP contribution >= 0.6 is 35.3 Å². The van der Waals surface area contributed by atoms with Gasteiger partial charge < -0.3 is 15.4 Å². The summed E-state index contributed by atoms with van der Waals surface area (Å²) >= 11 is 1.78. The lowest BCUT2D eigenvalue weighted by molar-refractivity contribution is 0.370. The molecule has 0 aliphatic carbocycles. The van der Waals surface area contributed by atoms with Crippen molar-refractivity contribution in [2.75, 3.05) is 26.2 Å². The molecule has 2 aromatic rings. The van der Waals surface area contributed by atoms with Crippen molar-refractivity contribution in [1.82, 2.24) is 15.6 Å². The Kier molecular flexibility index (Phi) is 12.3. The lowest BCUT2D eigenvalue weighted by atomic mass is 10.1. The second-order valence-corrected chi connectivity index (χ2v) is 7.10. The summed E-state index contributed by atoms with van der Waals surface area (Å²) in [6.07, 6.45) is 9.99. The van der Waals surface area contributed by atoms with Crippen LogP contribution < -0.4 is 15.4 Å². The number of guanidine groups is 1. The minimum absolute atomic E-state index is 0. The van der Waals surface area contributed by atoms with E-state index in [0.717, 1.165) is 55.6 Å². The van der Waals surface area contributed by atoms with Crippen LogP contribution in [0.15, 0.2) is 35.5 Å². The van der Waals surface area contributed by atoms with Gasteiger partial charge in [-0.3, -0.25) is 4.99 Å². The number of thiazole rings is 1. The van der Waals surface area contributed by atoms with E-state index in [2.05, 4.69) is 52.5 Å². The molecule has 152 valence electrons. The van der Waals surface area contributed by atoms with Gasteiger partial charge in [-0.1, -0.05) is 25.0 Å². The number of nitrogens with zero attached hydrogens (tertiary/aromatic N) is 2. The number of benzene rings is 1. The average molecular weight is 512 g/mol. The molecule has 5 nitrogen and oxygen atoms in total. The van der Waals surface area contributed by atoms with Crippen molar-refractivity contribution in [3.05, 3.63) is 45.9 Å².